The summed E-state index contributed by atoms with van der Waals surface area (Å²) in [5.74, 6) is -0.222. The fourth-order valence-corrected chi connectivity index (χ4v) is 3.49. The van der Waals surface area contributed by atoms with Crippen molar-refractivity contribution in [2.24, 2.45) is 5.92 Å². The minimum atomic E-state index is -0.534. The van der Waals surface area contributed by atoms with Gasteiger partial charge in [-0.15, -0.1) is 0 Å². The highest BCUT2D eigenvalue weighted by atomic mass is 79.9. The van der Waals surface area contributed by atoms with Gasteiger partial charge < -0.3 is 10.2 Å². The highest BCUT2D eigenvalue weighted by molar-refractivity contribution is 9.10. The first kappa shape index (κ1) is 13.6. The molecular weight excluding hydrogens is 320 g/mol. The summed E-state index contributed by atoms with van der Waals surface area (Å²) in [6, 6.07) is 3.68. The van der Waals surface area contributed by atoms with Gasteiger partial charge in [0.15, 0.2) is 0 Å². The van der Waals surface area contributed by atoms with Crippen molar-refractivity contribution in [3.8, 4) is 0 Å². The Balaban J connectivity index is 1.93. The van der Waals surface area contributed by atoms with Crippen molar-refractivity contribution in [2.45, 2.75) is 26.2 Å². The molecule has 1 unspecified atom stereocenters. The van der Waals surface area contributed by atoms with Gasteiger partial charge in [0.1, 0.15) is 0 Å². The van der Waals surface area contributed by atoms with Crippen molar-refractivity contribution in [3.05, 3.63) is 22.2 Å². The van der Waals surface area contributed by atoms with Gasteiger partial charge in [0, 0.05) is 17.6 Å². The highest BCUT2D eigenvalue weighted by Crippen LogP contribution is 2.36. The highest BCUT2D eigenvalue weighted by Gasteiger charge is 2.30. The number of benzene rings is 1. The minimum Gasteiger partial charge on any atom is -0.371 e. The molecule has 2 aliphatic rings. The average Bonchev–Trinajstić information content (AvgIpc) is 2.60. The van der Waals surface area contributed by atoms with Gasteiger partial charge in [-0.2, -0.15) is 0 Å². The van der Waals surface area contributed by atoms with E-state index < -0.39 is 11.7 Å². The lowest BCUT2D eigenvalue weighted by atomic mass is 10.0. The predicted octanol–water partition coefficient (Wildman–Crippen LogP) is 3.21. The maximum atomic E-state index is 11.7. The van der Waals surface area contributed by atoms with E-state index in [1.165, 1.54) is 19.3 Å². The fraction of sp³-hybridized carbons (Fsp3) is 0.467. The number of ketones is 1. The van der Waals surface area contributed by atoms with Crippen molar-refractivity contribution in [1.82, 2.24) is 0 Å². The van der Waals surface area contributed by atoms with E-state index in [-0.39, 0.29) is 0 Å². The second kappa shape index (κ2) is 5.20. The van der Waals surface area contributed by atoms with Gasteiger partial charge in [-0.3, -0.25) is 9.59 Å². The van der Waals surface area contributed by atoms with Crippen LogP contribution >= 0.6 is 15.9 Å². The van der Waals surface area contributed by atoms with Crippen molar-refractivity contribution >= 4 is 39.0 Å². The Kier molecular flexibility index (Phi) is 3.54. The molecule has 106 valence electrons. The van der Waals surface area contributed by atoms with E-state index in [1.807, 2.05) is 6.07 Å². The van der Waals surface area contributed by atoms with Crippen molar-refractivity contribution in [1.29, 1.82) is 0 Å². The average molecular weight is 337 g/mol. The minimum absolute atomic E-state index is 0.447. The molecule has 1 saturated heterocycles. The zero-order valence-corrected chi connectivity index (χ0v) is 13.0. The largest absolute Gasteiger partial charge is 0.371 e. The van der Waals surface area contributed by atoms with Crippen LogP contribution in [0, 0.1) is 5.92 Å². The van der Waals surface area contributed by atoms with Gasteiger partial charge in [-0.1, -0.05) is 6.92 Å². The number of fused-ring (bicyclic) bond motifs is 1. The number of nitrogens with one attached hydrogen (secondary N) is 1. The molecule has 0 radical (unpaired) electrons. The molecule has 0 bridgehead atoms. The SMILES string of the molecule is CC1CCCN(c2cc3c(cc2Br)C(=O)C(=O)N3)CC1. The van der Waals surface area contributed by atoms with Crippen LogP contribution in [0.25, 0.3) is 0 Å². The summed E-state index contributed by atoms with van der Waals surface area (Å²) in [5, 5.41) is 2.64. The van der Waals surface area contributed by atoms with Crippen LogP contribution in [0.15, 0.2) is 16.6 Å². The normalized spacial score (nSPS) is 22.5. The molecule has 4 nitrogen and oxygen atoms in total. The lowest BCUT2D eigenvalue weighted by molar-refractivity contribution is -0.112. The van der Waals surface area contributed by atoms with Crippen LogP contribution in [0.1, 0.15) is 36.5 Å². The first-order valence-electron chi connectivity index (χ1n) is 7.00. The Hall–Kier alpha value is -1.36. The summed E-state index contributed by atoms with van der Waals surface area (Å²) in [6.45, 7) is 4.32. The van der Waals surface area contributed by atoms with Gasteiger partial charge >= 0.3 is 0 Å². The zero-order valence-electron chi connectivity index (χ0n) is 11.4. The van der Waals surface area contributed by atoms with Crippen LogP contribution in [0.3, 0.4) is 0 Å². The van der Waals surface area contributed by atoms with Gasteiger partial charge in [-0.05, 0) is 53.2 Å². The lowest BCUT2D eigenvalue weighted by Crippen LogP contribution is -2.24. The third-order valence-electron chi connectivity index (χ3n) is 4.14. The Morgan fingerprint density at radius 3 is 2.85 bits per heavy atom. The molecule has 2 heterocycles. The molecule has 0 aliphatic carbocycles. The number of carbonyl (C=O) groups excluding carboxylic acids is 2. The van der Waals surface area contributed by atoms with Crippen molar-refractivity contribution in [3.63, 3.8) is 0 Å². The summed E-state index contributed by atoms with van der Waals surface area (Å²) in [6.07, 6.45) is 3.61. The van der Waals surface area contributed by atoms with E-state index in [1.54, 1.807) is 6.07 Å². The molecule has 1 N–H and O–H groups in total. The van der Waals surface area contributed by atoms with Crippen LogP contribution in [0.4, 0.5) is 11.4 Å². The van der Waals surface area contributed by atoms with E-state index >= 15 is 0 Å². The van der Waals surface area contributed by atoms with Gasteiger partial charge in [-0.25, -0.2) is 0 Å². The maximum Gasteiger partial charge on any atom is 0.296 e. The van der Waals surface area contributed by atoms with Gasteiger partial charge in [0.25, 0.3) is 11.7 Å². The van der Waals surface area contributed by atoms with E-state index in [0.717, 1.165) is 29.2 Å². The molecule has 0 spiro atoms. The van der Waals surface area contributed by atoms with Crippen molar-refractivity contribution < 1.29 is 9.59 Å². The van der Waals surface area contributed by atoms with E-state index in [2.05, 4.69) is 33.1 Å². The van der Waals surface area contributed by atoms with Crippen LogP contribution < -0.4 is 10.2 Å². The third kappa shape index (κ3) is 2.35. The smallest absolute Gasteiger partial charge is 0.296 e. The monoisotopic (exact) mass is 336 g/mol. The summed E-state index contributed by atoms with van der Waals surface area (Å²) < 4.78 is 0.885. The first-order chi connectivity index (χ1) is 9.56. The molecule has 0 aromatic heterocycles. The van der Waals surface area contributed by atoms with Gasteiger partial charge in [0.2, 0.25) is 0 Å². The molecule has 1 aromatic rings. The molecule has 1 amide bonds. The van der Waals surface area contributed by atoms with Crippen LogP contribution in [-0.4, -0.2) is 24.8 Å². The number of amides is 1. The van der Waals surface area contributed by atoms with Gasteiger partial charge in [0.05, 0.1) is 16.9 Å². The Morgan fingerprint density at radius 2 is 2.05 bits per heavy atom. The Labute approximate surface area is 126 Å². The van der Waals surface area contributed by atoms with E-state index in [4.69, 9.17) is 0 Å². The lowest BCUT2D eigenvalue weighted by Gasteiger charge is -2.24. The fourth-order valence-electron chi connectivity index (χ4n) is 2.90. The molecule has 1 fully saturated rings. The molecular formula is C15H17BrN2O2. The number of rotatable bonds is 1. The number of hydrogen-bond acceptors (Lipinski definition) is 3. The Morgan fingerprint density at radius 1 is 1.25 bits per heavy atom. The first-order valence-corrected chi connectivity index (χ1v) is 7.79. The zero-order chi connectivity index (χ0) is 14.3. The van der Waals surface area contributed by atoms with Crippen LogP contribution in [0.5, 0.6) is 0 Å². The quantitative estimate of drug-likeness (QED) is 0.801. The number of carbonyl (C=O) groups is 2. The summed E-state index contributed by atoms with van der Waals surface area (Å²) in [5.41, 5.74) is 2.16. The topological polar surface area (TPSA) is 49.4 Å². The van der Waals surface area contributed by atoms with Crippen molar-refractivity contribution in [2.75, 3.05) is 23.3 Å². The maximum absolute atomic E-state index is 11.7. The molecule has 5 heteroatoms. The third-order valence-corrected chi connectivity index (χ3v) is 4.78. The summed E-state index contributed by atoms with van der Waals surface area (Å²) in [7, 11) is 0. The molecule has 1 aromatic carbocycles. The standard InChI is InChI=1S/C15H17BrN2O2/c1-9-3-2-5-18(6-4-9)13-8-12-10(7-11(13)16)14(19)15(20)17-12/h7-9H,2-6H2,1H3,(H,17,19,20). The van der Waals surface area contributed by atoms with E-state index in [0.29, 0.717) is 11.3 Å². The molecule has 2 aliphatic heterocycles. The van der Waals surface area contributed by atoms with Crippen LogP contribution in [-0.2, 0) is 4.79 Å². The summed E-state index contributed by atoms with van der Waals surface area (Å²) in [4.78, 5) is 25.5. The van der Waals surface area contributed by atoms with E-state index in [9.17, 15) is 9.59 Å². The Bertz CT molecular complexity index is 585. The predicted molar refractivity (Wildman–Crippen MR) is 82.3 cm³/mol. The summed E-state index contributed by atoms with van der Waals surface area (Å²) >= 11 is 3.54. The second-order valence-corrected chi connectivity index (χ2v) is 6.51. The number of halogens is 1. The molecule has 0 saturated carbocycles. The van der Waals surface area contributed by atoms with Crippen LogP contribution in [0.2, 0.25) is 0 Å². The number of hydrogen-bond donors (Lipinski definition) is 1. The number of Topliss-reactive ketones (excluding diaryl/α,β-unsaturated/α-hetero) is 1. The molecule has 1 atom stereocenters. The second-order valence-electron chi connectivity index (χ2n) is 5.66. The number of nitrogens with zero attached hydrogens (tertiary/aromatic N) is 1. The molecule has 3 rings (SSSR count). The number of anilines is 2. The molecule has 20 heavy (non-hydrogen) atoms.